The molecular weight excluding hydrogens is 427 g/mol. The molecule has 0 aromatic heterocycles. The Bertz CT molecular complexity index is 792. The summed E-state index contributed by atoms with van der Waals surface area (Å²) in [5.74, 6) is 0.0213. The van der Waals surface area contributed by atoms with Gasteiger partial charge in [-0.2, -0.15) is 0 Å². The molecule has 1 atom stereocenters. The number of rotatable bonds is 12. The first-order chi connectivity index (χ1) is 14.4. The summed E-state index contributed by atoms with van der Waals surface area (Å²) in [5, 5.41) is 23.3. The Kier molecular flexibility index (Phi) is 10.2. The maximum atomic E-state index is 11.8. The lowest BCUT2D eigenvalue weighted by atomic mass is 10.1. The molecule has 0 bridgehead atoms. The zero-order valence-corrected chi connectivity index (χ0v) is 18.3. The summed E-state index contributed by atoms with van der Waals surface area (Å²) in [5.41, 5.74) is 7.63. The van der Waals surface area contributed by atoms with Gasteiger partial charge in [0, 0.05) is 19.4 Å². The number of ether oxygens (including phenoxy) is 1. The van der Waals surface area contributed by atoms with E-state index in [-0.39, 0.29) is 11.7 Å². The molecular formula is C22H28Cl2N2O4. The van der Waals surface area contributed by atoms with Gasteiger partial charge in [0.2, 0.25) is 0 Å². The maximum absolute atomic E-state index is 11.8. The van der Waals surface area contributed by atoms with Crippen molar-refractivity contribution >= 4 is 34.9 Å². The minimum Gasteiger partial charge on any atom is -0.508 e. The Hall–Kier alpha value is -1.99. The van der Waals surface area contributed by atoms with Crippen molar-refractivity contribution in [2.24, 2.45) is 0 Å². The number of unbranched alkanes of at least 4 members (excludes halogenated alkanes) is 2. The molecule has 0 aliphatic rings. The molecule has 0 spiro atoms. The average molecular weight is 455 g/mol. The third kappa shape index (κ3) is 8.40. The molecule has 0 saturated heterocycles. The summed E-state index contributed by atoms with van der Waals surface area (Å²) >= 11 is 12.0. The largest absolute Gasteiger partial charge is 0.508 e. The van der Waals surface area contributed by atoms with Crippen LogP contribution >= 0.6 is 23.2 Å². The standard InChI is InChI=1S/C22H28Cl2N2O4/c23-18-12-16(13-19(24)22(18)25)20(28)14-26-10-3-1-2-4-21(29)30-11-9-15-5-7-17(27)8-6-15/h5-8,12-13,20,26-28H,1-4,9-11,14,25H2. The minimum absolute atomic E-state index is 0.200. The van der Waals surface area contributed by atoms with Gasteiger partial charge in [0.05, 0.1) is 28.4 Å². The van der Waals surface area contributed by atoms with E-state index in [2.05, 4.69) is 5.32 Å². The van der Waals surface area contributed by atoms with Crippen LogP contribution in [0.1, 0.15) is 42.9 Å². The Morgan fingerprint density at radius 2 is 1.77 bits per heavy atom. The van der Waals surface area contributed by atoms with Crippen LogP contribution < -0.4 is 11.1 Å². The molecule has 0 aliphatic carbocycles. The molecule has 2 aromatic carbocycles. The number of nitrogens with one attached hydrogen (secondary N) is 1. The predicted octanol–water partition coefficient (Wildman–Crippen LogP) is 4.25. The van der Waals surface area contributed by atoms with Gasteiger partial charge >= 0.3 is 5.97 Å². The number of nitrogen functional groups attached to an aromatic ring is 1. The van der Waals surface area contributed by atoms with E-state index in [1.165, 1.54) is 0 Å². The van der Waals surface area contributed by atoms with Crippen LogP contribution in [0.3, 0.4) is 0 Å². The topological polar surface area (TPSA) is 105 Å². The molecule has 2 rings (SSSR count). The van der Waals surface area contributed by atoms with Crippen LogP contribution in [0.15, 0.2) is 36.4 Å². The molecule has 0 heterocycles. The molecule has 6 nitrogen and oxygen atoms in total. The van der Waals surface area contributed by atoms with Gasteiger partial charge in [0.1, 0.15) is 5.75 Å². The van der Waals surface area contributed by atoms with E-state index in [4.69, 9.17) is 33.7 Å². The molecule has 164 valence electrons. The van der Waals surface area contributed by atoms with E-state index >= 15 is 0 Å². The van der Waals surface area contributed by atoms with E-state index < -0.39 is 6.10 Å². The Morgan fingerprint density at radius 1 is 1.10 bits per heavy atom. The number of aliphatic hydroxyl groups is 1. The van der Waals surface area contributed by atoms with Gasteiger partial charge in [-0.1, -0.05) is 41.8 Å². The number of hydrogen-bond acceptors (Lipinski definition) is 6. The van der Waals surface area contributed by atoms with Gasteiger partial charge in [0.25, 0.3) is 0 Å². The van der Waals surface area contributed by atoms with E-state index in [9.17, 15) is 15.0 Å². The Labute approximate surface area is 186 Å². The molecule has 30 heavy (non-hydrogen) atoms. The van der Waals surface area contributed by atoms with Gasteiger partial charge in [-0.25, -0.2) is 0 Å². The smallest absolute Gasteiger partial charge is 0.305 e. The summed E-state index contributed by atoms with van der Waals surface area (Å²) in [7, 11) is 0. The lowest BCUT2D eigenvalue weighted by molar-refractivity contribution is -0.143. The maximum Gasteiger partial charge on any atom is 0.305 e. The van der Waals surface area contributed by atoms with Crippen LogP contribution in [-0.2, 0) is 16.0 Å². The van der Waals surface area contributed by atoms with Gasteiger partial charge in [-0.3, -0.25) is 4.79 Å². The third-order valence-electron chi connectivity index (χ3n) is 4.65. The van der Waals surface area contributed by atoms with Gasteiger partial charge in [0.15, 0.2) is 0 Å². The first-order valence-corrected chi connectivity index (χ1v) is 10.7. The van der Waals surface area contributed by atoms with Crippen molar-refractivity contribution in [2.45, 2.75) is 38.2 Å². The minimum atomic E-state index is -0.732. The van der Waals surface area contributed by atoms with Crippen molar-refractivity contribution in [2.75, 3.05) is 25.4 Å². The van der Waals surface area contributed by atoms with E-state index in [1.54, 1.807) is 24.3 Å². The molecule has 0 aliphatic heterocycles. The van der Waals surface area contributed by atoms with E-state index in [0.717, 1.165) is 31.4 Å². The van der Waals surface area contributed by atoms with Gasteiger partial charge in [-0.15, -0.1) is 0 Å². The number of aliphatic hydroxyl groups excluding tert-OH is 1. The fourth-order valence-corrected chi connectivity index (χ4v) is 3.37. The second-order valence-corrected chi connectivity index (χ2v) is 7.88. The van der Waals surface area contributed by atoms with Crippen LogP contribution in [0.2, 0.25) is 10.0 Å². The molecule has 1 unspecified atom stereocenters. The van der Waals surface area contributed by atoms with E-state index in [0.29, 0.717) is 47.3 Å². The van der Waals surface area contributed by atoms with Gasteiger partial charge in [-0.05, 0) is 54.8 Å². The van der Waals surface area contributed by atoms with Crippen LogP contribution in [0.25, 0.3) is 0 Å². The zero-order valence-electron chi connectivity index (χ0n) is 16.7. The van der Waals surface area contributed by atoms with Crippen molar-refractivity contribution in [3.63, 3.8) is 0 Å². The van der Waals surface area contributed by atoms with Crippen LogP contribution in [0.5, 0.6) is 5.75 Å². The Morgan fingerprint density at radius 3 is 2.43 bits per heavy atom. The number of aromatic hydroxyl groups is 1. The summed E-state index contributed by atoms with van der Waals surface area (Å²) in [6.45, 7) is 1.43. The van der Waals surface area contributed by atoms with Crippen LogP contribution in [0.4, 0.5) is 5.69 Å². The molecule has 5 N–H and O–H groups in total. The second kappa shape index (κ2) is 12.6. The first-order valence-electron chi connectivity index (χ1n) is 9.93. The monoisotopic (exact) mass is 454 g/mol. The number of hydrogen-bond donors (Lipinski definition) is 4. The van der Waals surface area contributed by atoms with Gasteiger partial charge < -0.3 is 26.0 Å². The van der Waals surface area contributed by atoms with Crippen molar-refractivity contribution in [1.29, 1.82) is 0 Å². The number of phenolic OH excluding ortho intramolecular Hbond substituents is 1. The molecule has 2 aromatic rings. The van der Waals surface area contributed by atoms with Crippen molar-refractivity contribution in [3.05, 3.63) is 57.6 Å². The first kappa shape index (κ1) is 24.3. The predicted molar refractivity (Wildman–Crippen MR) is 120 cm³/mol. The van der Waals surface area contributed by atoms with Crippen molar-refractivity contribution in [1.82, 2.24) is 5.32 Å². The fraction of sp³-hybridized carbons (Fsp3) is 0.409. The Balaban J connectivity index is 1.51. The summed E-state index contributed by atoms with van der Waals surface area (Å²) in [4.78, 5) is 11.8. The van der Waals surface area contributed by atoms with E-state index in [1.807, 2.05) is 12.1 Å². The highest BCUT2D eigenvalue weighted by Crippen LogP contribution is 2.31. The molecule has 0 saturated carbocycles. The zero-order chi connectivity index (χ0) is 21.9. The second-order valence-electron chi connectivity index (χ2n) is 7.07. The van der Waals surface area contributed by atoms with Crippen LogP contribution in [0, 0.1) is 0 Å². The summed E-state index contributed by atoms with van der Waals surface area (Å²) in [6, 6.07) is 10.1. The molecule has 0 fully saturated rings. The summed E-state index contributed by atoms with van der Waals surface area (Å²) < 4.78 is 5.23. The fourth-order valence-electron chi connectivity index (χ4n) is 2.87. The highest BCUT2D eigenvalue weighted by molar-refractivity contribution is 6.38. The number of carbonyl (C=O) groups excluding carboxylic acids is 1. The number of esters is 1. The number of carbonyl (C=O) groups is 1. The quantitative estimate of drug-likeness (QED) is 0.217. The van der Waals surface area contributed by atoms with Crippen molar-refractivity contribution < 1.29 is 19.7 Å². The molecule has 0 amide bonds. The highest BCUT2D eigenvalue weighted by Gasteiger charge is 2.12. The van der Waals surface area contributed by atoms with Crippen molar-refractivity contribution in [3.8, 4) is 5.75 Å². The lowest BCUT2D eigenvalue weighted by Gasteiger charge is -2.14. The SMILES string of the molecule is Nc1c(Cl)cc(C(O)CNCCCCCC(=O)OCCc2ccc(O)cc2)cc1Cl. The number of anilines is 1. The number of halogens is 2. The third-order valence-corrected chi connectivity index (χ3v) is 5.27. The highest BCUT2D eigenvalue weighted by atomic mass is 35.5. The number of nitrogens with two attached hydrogens (primary N) is 1. The number of benzene rings is 2. The molecule has 0 radical (unpaired) electrons. The average Bonchev–Trinajstić information content (AvgIpc) is 2.72. The molecule has 8 heteroatoms. The van der Waals surface area contributed by atoms with Crippen LogP contribution in [-0.4, -0.2) is 35.9 Å². The number of phenols is 1. The normalized spacial score (nSPS) is 12.0. The summed E-state index contributed by atoms with van der Waals surface area (Å²) in [6.07, 6.45) is 2.81. The lowest BCUT2D eigenvalue weighted by Crippen LogP contribution is -2.22.